The van der Waals surface area contributed by atoms with Gasteiger partial charge >= 0.3 is 0 Å². The highest BCUT2D eigenvalue weighted by molar-refractivity contribution is 7.86. The number of carbonyl (C=O) groups is 1. The number of benzene rings is 4. The van der Waals surface area contributed by atoms with Crippen LogP contribution in [0.4, 0.5) is 4.39 Å². The summed E-state index contributed by atoms with van der Waals surface area (Å²) in [6.07, 6.45) is 5.44. The molecule has 0 aliphatic carbocycles. The van der Waals surface area contributed by atoms with Crippen molar-refractivity contribution in [2.75, 3.05) is 57.6 Å². The lowest BCUT2D eigenvalue weighted by Crippen LogP contribution is -2.42. The minimum Gasteiger partial charge on any atom is -0.494 e. The van der Waals surface area contributed by atoms with Crippen molar-refractivity contribution in [3.63, 3.8) is 0 Å². The number of carbonyl (C=O) groups excluding carboxylic acids is 1. The molecule has 0 spiro atoms. The van der Waals surface area contributed by atoms with Gasteiger partial charge in [0.05, 0.1) is 43.5 Å². The minimum absolute atomic E-state index is 0.0414. The van der Waals surface area contributed by atoms with Crippen molar-refractivity contribution < 1.29 is 59.9 Å². The van der Waals surface area contributed by atoms with Crippen LogP contribution in [0.25, 0.3) is 0 Å². The van der Waals surface area contributed by atoms with Crippen LogP contribution in [0, 0.1) is 16.6 Å². The van der Waals surface area contributed by atoms with Crippen molar-refractivity contribution in [3.8, 4) is 11.5 Å². The van der Waals surface area contributed by atoms with Crippen LogP contribution in [0.5, 0.6) is 11.5 Å². The molecular weight excluding hydrogens is 909 g/mol. The molecule has 1 aliphatic heterocycles. The number of Topliss-reactive ketones (excluding diaryl/α,β-unsaturated/α-hetero) is 1. The Morgan fingerprint density at radius 2 is 1.09 bits per heavy atom. The summed E-state index contributed by atoms with van der Waals surface area (Å²) >= 11 is 5.92. The fourth-order valence-electron chi connectivity index (χ4n) is 5.89. The number of unbranched alkanes of at least 4 members (excludes halogenated alkanes) is 2. The molecule has 4 aromatic rings. The highest BCUT2D eigenvalue weighted by Crippen LogP contribution is 2.33. The lowest BCUT2D eigenvalue weighted by Gasteiger charge is -2.38. The number of aliphatic hydroxyl groups is 3. The maximum atomic E-state index is 12.9. The third kappa shape index (κ3) is 24.2. The number of rotatable bonds is 20. The average Bonchev–Trinajstić information content (AvgIpc) is 3.24. The first-order chi connectivity index (χ1) is 30.6. The fourth-order valence-corrected chi connectivity index (χ4v) is 6.48. The SMILES string of the molecule is N=C(N)c1ccc(OCCCCCOc2ccc(C(=N)N)cc2)cc1.O=C(CCCN1CCC(O)(c2ccc(Cl)cc2)CC1)c1ccc(F)cc1.O=S(=O)(O)CCO.O=S(=O)(O)CCO. The molecule has 0 amide bonds. The van der Waals surface area contributed by atoms with Crippen LogP contribution >= 0.6 is 11.6 Å². The van der Waals surface area contributed by atoms with E-state index in [1.807, 2.05) is 48.5 Å². The van der Waals surface area contributed by atoms with Gasteiger partial charge < -0.3 is 41.2 Å². The quantitative estimate of drug-likeness (QED) is 0.0184. The van der Waals surface area contributed by atoms with Gasteiger partial charge in [0.1, 0.15) is 29.0 Å². The molecule has 0 unspecified atom stereocenters. The second-order valence-corrected chi connectivity index (χ2v) is 18.1. The number of aliphatic hydroxyl groups excluding tert-OH is 2. The Kier molecular flexibility index (Phi) is 24.8. The van der Waals surface area contributed by atoms with Gasteiger partial charge in [0.2, 0.25) is 0 Å². The Balaban J connectivity index is 0.000000346. The van der Waals surface area contributed by atoms with Gasteiger partial charge in [0.25, 0.3) is 20.2 Å². The van der Waals surface area contributed by atoms with Crippen LogP contribution in [0.15, 0.2) is 97.1 Å². The van der Waals surface area contributed by atoms with Gasteiger partial charge in [0, 0.05) is 41.2 Å². The van der Waals surface area contributed by atoms with Crippen LogP contribution in [0.2, 0.25) is 5.02 Å². The summed E-state index contributed by atoms with van der Waals surface area (Å²) in [5, 5.41) is 42.0. The monoisotopic (exact) mass is 967 g/mol. The number of nitrogens with one attached hydrogen (secondary N) is 2. The predicted octanol–water partition coefficient (Wildman–Crippen LogP) is 5.04. The van der Waals surface area contributed by atoms with Gasteiger partial charge in [-0.3, -0.25) is 24.7 Å². The Morgan fingerprint density at radius 3 is 1.46 bits per heavy atom. The smallest absolute Gasteiger partial charge is 0.267 e. The first kappa shape index (κ1) is 56.1. The summed E-state index contributed by atoms with van der Waals surface area (Å²) in [6.45, 7) is 2.65. The van der Waals surface area contributed by atoms with E-state index < -0.39 is 50.6 Å². The molecule has 5 rings (SSSR count). The number of likely N-dealkylation sites (tertiary alicyclic amines) is 1. The first-order valence-electron chi connectivity index (χ1n) is 20.4. The molecule has 1 saturated heterocycles. The van der Waals surface area contributed by atoms with Crippen molar-refractivity contribution in [2.24, 2.45) is 11.5 Å². The molecule has 0 saturated carbocycles. The number of amidine groups is 2. The second-order valence-electron chi connectivity index (χ2n) is 14.6. The van der Waals surface area contributed by atoms with Gasteiger partial charge in [-0.15, -0.1) is 0 Å². The van der Waals surface area contributed by atoms with Crippen LogP contribution in [-0.4, -0.2) is 121 Å². The van der Waals surface area contributed by atoms with Gasteiger partial charge in [-0.2, -0.15) is 16.8 Å². The molecule has 4 aromatic carbocycles. The molecule has 0 radical (unpaired) electrons. The number of nitrogens with two attached hydrogens (primary N) is 2. The molecule has 0 atom stereocenters. The van der Waals surface area contributed by atoms with Crippen LogP contribution in [-0.2, 0) is 25.8 Å². The van der Waals surface area contributed by atoms with Gasteiger partial charge in [-0.1, -0.05) is 23.7 Å². The number of ketones is 1. The maximum absolute atomic E-state index is 12.9. The van der Waals surface area contributed by atoms with E-state index in [4.69, 9.17) is 62.7 Å². The van der Waals surface area contributed by atoms with E-state index in [0.29, 0.717) is 54.2 Å². The second kappa shape index (κ2) is 28.8. The molecule has 1 fully saturated rings. The molecule has 65 heavy (non-hydrogen) atoms. The van der Waals surface area contributed by atoms with E-state index in [1.165, 1.54) is 24.3 Å². The first-order valence-corrected chi connectivity index (χ1v) is 24.0. The molecule has 17 nitrogen and oxygen atoms in total. The average molecular weight is 969 g/mol. The van der Waals surface area contributed by atoms with E-state index >= 15 is 0 Å². The predicted molar refractivity (Wildman–Crippen MR) is 248 cm³/mol. The molecular formula is C44H59ClFN5O12S2. The molecule has 0 bridgehead atoms. The highest BCUT2D eigenvalue weighted by atomic mass is 35.5. The lowest BCUT2D eigenvalue weighted by atomic mass is 9.84. The topological polar surface area (TPSA) is 308 Å². The summed E-state index contributed by atoms with van der Waals surface area (Å²) in [7, 11) is -7.85. The zero-order valence-electron chi connectivity index (χ0n) is 35.8. The maximum Gasteiger partial charge on any atom is 0.267 e. The molecule has 11 N–H and O–H groups in total. The Bertz CT molecular complexity index is 2170. The van der Waals surface area contributed by atoms with Gasteiger partial charge in [-0.25, -0.2) is 4.39 Å². The fraction of sp³-hybridized carbons (Fsp3) is 0.386. The van der Waals surface area contributed by atoms with E-state index in [1.54, 1.807) is 24.3 Å². The summed E-state index contributed by atoms with van der Waals surface area (Å²) in [4.78, 5) is 14.4. The number of piperidine rings is 1. The van der Waals surface area contributed by atoms with E-state index in [-0.39, 0.29) is 23.3 Å². The summed E-state index contributed by atoms with van der Waals surface area (Å²) in [6, 6.07) is 27.5. The largest absolute Gasteiger partial charge is 0.494 e. The van der Waals surface area contributed by atoms with E-state index in [0.717, 1.165) is 62.4 Å². The number of halogens is 2. The highest BCUT2D eigenvalue weighted by Gasteiger charge is 2.33. The third-order valence-corrected chi connectivity index (χ3v) is 11.1. The lowest BCUT2D eigenvalue weighted by molar-refractivity contribution is -0.0260. The van der Waals surface area contributed by atoms with Gasteiger partial charge in [0.15, 0.2) is 5.78 Å². The zero-order chi connectivity index (χ0) is 48.5. The van der Waals surface area contributed by atoms with E-state index in [2.05, 4.69) is 4.90 Å². The Hall–Kier alpha value is -5.03. The minimum atomic E-state index is -3.92. The van der Waals surface area contributed by atoms with Crippen molar-refractivity contribution in [1.82, 2.24) is 4.90 Å². The zero-order valence-corrected chi connectivity index (χ0v) is 38.2. The Morgan fingerprint density at radius 1 is 0.677 bits per heavy atom. The number of ether oxygens (including phenoxy) is 2. The third-order valence-electron chi connectivity index (χ3n) is 9.46. The molecule has 358 valence electrons. The molecule has 1 heterocycles. The van der Waals surface area contributed by atoms with Crippen molar-refractivity contribution in [1.29, 1.82) is 10.8 Å². The van der Waals surface area contributed by atoms with Crippen LogP contribution in [0.1, 0.15) is 72.0 Å². The number of hydrogen-bond donors (Lipinski definition) is 9. The number of nitrogens with zero attached hydrogens (tertiary/aromatic N) is 1. The number of hydrogen-bond acceptors (Lipinski definition) is 13. The summed E-state index contributed by atoms with van der Waals surface area (Å²) in [5.41, 5.74) is 12.9. The van der Waals surface area contributed by atoms with Crippen LogP contribution in [0.3, 0.4) is 0 Å². The standard InChI is InChI=1S/C21H23ClFNO2.C19H24N4O2.2C2H6O4S/c22-18-7-5-17(6-8-18)21(26)11-14-24(15-12-21)13-1-2-20(25)16-3-9-19(23)10-4-16;20-18(21)14-4-8-16(9-5-14)24-12-2-1-3-13-25-17-10-6-15(7-11-17)19(22)23;2*3-1-2-7(4,5)6/h3-10,26H,1-2,11-15H2;4-11H,1-3,12-13H2,(H3,20,21)(H3,22,23);2*3H,1-2H2,(H,4,5,6). The molecule has 1 aliphatic rings. The van der Waals surface area contributed by atoms with E-state index in [9.17, 15) is 31.1 Å². The molecule has 21 heteroatoms. The van der Waals surface area contributed by atoms with Crippen LogP contribution < -0.4 is 20.9 Å². The van der Waals surface area contributed by atoms with Crippen molar-refractivity contribution in [2.45, 2.75) is 50.5 Å². The van der Waals surface area contributed by atoms with Gasteiger partial charge in [-0.05, 0) is 136 Å². The molecule has 0 aromatic heterocycles. The normalized spacial score (nSPS) is 13.3. The van der Waals surface area contributed by atoms with Crippen molar-refractivity contribution >= 4 is 49.3 Å². The Labute approximate surface area is 384 Å². The van der Waals surface area contributed by atoms with Crippen molar-refractivity contribution in [3.05, 3.63) is 130 Å². The summed E-state index contributed by atoms with van der Waals surface area (Å²) in [5.74, 6) is 0.242. The summed E-state index contributed by atoms with van der Waals surface area (Å²) < 4.78 is 78.4. The number of nitrogen functional groups attached to an aromatic ring is 2.